The summed E-state index contributed by atoms with van der Waals surface area (Å²) in [5, 5.41) is 21.3. The summed E-state index contributed by atoms with van der Waals surface area (Å²) in [5.41, 5.74) is -5.77. The Morgan fingerprint density at radius 3 is 2.02 bits per heavy atom. The molecule has 1 saturated heterocycles. The van der Waals surface area contributed by atoms with Crippen LogP contribution in [0, 0.1) is 10.8 Å². The molecule has 1 aromatic heterocycles. The summed E-state index contributed by atoms with van der Waals surface area (Å²) in [5.74, 6) is -4.70. The average molecular weight is 599 g/mol. The number of esters is 2. The molecular weight excluding hydrogens is 562 g/mol. The molecule has 1 fully saturated rings. The Hall–Kier alpha value is -2.46. The second-order valence-corrected chi connectivity index (χ2v) is 13.0. The molecule has 0 aliphatic carbocycles. The molecule has 4 atom stereocenters. The number of aliphatic hydroxyl groups is 2. The summed E-state index contributed by atoms with van der Waals surface area (Å²) in [4.78, 5) is 49.3. The van der Waals surface area contributed by atoms with E-state index in [0.29, 0.717) is 0 Å². The van der Waals surface area contributed by atoms with Crippen molar-refractivity contribution in [3.05, 3.63) is 33.1 Å². The predicted octanol–water partition coefficient (Wildman–Crippen LogP) is 0.965. The summed E-state index contributed by atoms with van der Waals surface area (Å²) in [6.45, 7) is 6.53. The molecule has 3 N–H and O–H groups in total. The molecule has 2 rings (SSSR count). The van der Waals surface area contributed by atoms with Gasteiger partial charge < -0.3 is 24.4 Å². The van der Waals surface area contributed by atoms with Crippen molar-refractivity contribution in [1.29, 1.82) is 0 Å². The van der Waals surface area contributed by atoms with Crippen LogP contribution in [0.1, 0.15) is 48.5 Å². The van der Waals surface area contributed by atoms with Crippen molar-refractivity contribution in [2.75, 3.05) is 20.2 Å². The predicted molar refractivity (Wildman–Crippen MR) is 133 cm³/mol. The lowest BCUT2D eigenvalue weighted by atomic mass is 9.92. The number of halogens is 1. The van der Waals surface area contributed by atoms with Crippen molar-refractivity contribution in [2.45, 2.75) is 78.7 Å². The zero-order valence-electron chi connectivity index (χ0n) is 23.3. The van der Waals surface area contributed by atoms with Crippen LogP contribution in [-0.4, -0.2) is 75.6 Å². The second-order valence-electron chi connectivity index (χ2n) is 11.4. The number of H-pyrrole nitrogens is 1. The van der Waals surface area contributed by atoms with Crippen LogP contribution in [0.15, 0.2) is 21.9 Å². The molecular formula is C23H36FN2O13P. The van der Waals surface area contributed by atoms with Crippen molar-refractivity contribution in [2.24, 2.45) is 10.8 Å². The summed E-state index contributed by atoms with van der Waals surface area (Å²) in [6.07, 6.45) is -2.77. The lowest BCUT2D eigenvalue weighted by Gasteiger charge is -2.28. The summed E-state index contributed by atoms with van der Waals surface area (Å²) >= 11 is 0. The normalized spacial score (nSPS) is 25.6. The van der Waals surface area contributed by atoms with Crippen LogP contribution in [0.3, 0.4) is 0 Å². The van der Waals surface area contributed by atoms with Gasteiger partial charge in [0, 0.05) is 12.3 Å². The van der Waals surface area contributed by atoms with Crippen LogP contribution in [0.25, 0.3) is 0 Å². The lowest BCUT2D eigenvalue weighted by molar-refractivity contribution is -0.198. The van der Waals surface area contributed by atoms with Crippen LogP contribution >= 0.6 is 7.82 Å². The van der Waals surface area contributed by atoms with E-state index in [1.165, 1.54) is 0 Å². The number of hydrogen-bond donors (Lipinski definition) is 3. The van der Waals surface area contributed by atoms with Crippen molar-refractivity contribution >= 4 is 19.8 Å². The summed E-state index contributed by atoms with van der Waals surface area (Å²) in [7, 11) is -4.86. The Balaban J connectivity index is 2.18. The standard InChI is InChI=1S/C23H36FN2O13P/c1-20(2,3)17(29)34-12-37-40(33,38-13-35-18(30)21(4,5)6)36-11-23(24)16(28)22(7,32)14(39-23)10-26-9-8-15(27)25-19(26)31/h8-9,14,16,28,32H,10-13H2,1-7H3,(H,25,27,31). The molecule has 0 spiro atoms. The van der Waals surface area contributed by atoms with Gasteiger partial charge in [-0.15, -0.1) is 0 Å². The Labute approximate surface area is 229 Å². The van der Waals surface area contributed by atoms with Gasteiger partial charge in [-0.05, 0) is 48.5 Å². The van der Waals surface area contributed by atoms with Crippen molar-refractivity contribution in [3.8, 4) is 0 Å². The topological polar surface area (TPSA) is 202 Å². The third-order valence-electron chi connectivity index (χ3n) is 5.66. The zero-order chi connectivity index (χ0) is 30.7. The molecule has 228 valence electrons. The highest BCUT2D eigenvalue weighted by atomic mass is 31.2. The van der Waals surface area contributed by atoms with E-state index in [4.69, 9.17) is 27.8 Å². The van der Waals surface area contributed by atoms with Crippen LogP contribution in [0.2, 0.25) is 0 Å². The molecule has 1 aliphatic rings. The zero-order valence-corrected chi connectivity index (χ0v) is 24.2. The number of phosphoric acid groups is 1. The molecule has 2 heterocycles. The Bertz CT molecular complexity index is 1200. The summed E-state index contributed by atoms with van der Waals surface area (Å²) < 4.78 is 59.6. The smallest absolute Gasteiger partial charge is 0.437 e. The Morgan fingerprint density at radius 1 is 1.07 bits per heavy atom. The van der Waals surface area contributed by atoms with Crippen LogP contribution in [0.5, 0.6) is 0 Å². The number of aliphatic hydroxyl groups excluding tert-OH is 1. The van der Waals surface area contributed by atoms with Gasteiger partial charge in [0.15, 0.2) is 0 Å². The number of aromatic amines is 1. The van der Waals surface area contributed by atoms with E-state index in [0.717, 1.165) is 23.8 Å². The molecule has 15 nitrogen and oxygen atoms in total. The highest BCUT2D eigenvalue weighted by Crippen LogP contribution is 2.52. The van der Waals surface area contributed by atoms with Gasteiger partial charge in [-0.1, -0.05) is 0 Å². The van der Waals surface area contributed by atoms with Crippen LogP contribution in [-0.2, 0) is 48.5 Å². The third kappa shape index (κ3) is 8.52. The molecule has 0 bridgehead atoms. The highest BCUT2D eigenvalue weighted by molar-refractivity contribution is 7.48. The van der Waals surface area contributed by atoms with Crippen LogP contribution < -0.4 is 11.2 Å². The van der Waals surface area contributed by atoms with E-state index in [1.807, 2.05) is 4.98 Å². The molecule has 4 unspecified atom stereocenters. The van der Waals surface area contributed by atoms with Gasteiger partial charge in [0.1, 0.15) is 24.4 Å². The molecule has 1 aliphatic heterocycles. The number of ether oxygens (including phenoxy) is 3. The molecule has 0 radical (unpaired) electrons. The number of rotatable bonds is 11. The fourth-order valence-electron chi connectivity index (χ4n) is 3.14. The number of alkyl halides is 1. The molecule has 1 aromatic rings. The number of nitrogens with one attached hydrogen (secondary N) is 1. The lowest BCUT2D eigenvalue weighted by Crippen LogP contribution is -2.50. The average Bonchev–Trinajstić information content (AvgIpc) is 2.98. The maximum Gasteiger partial charge on any atom is 0.480 e. The minimum Gasteiger partial charge on any atom is -0.437 e. The van der Waals surface area contributed by atoms with Crippen molar-refractivity contribution in [1.82, 2.24) is 9.55 Å². The van der Waals surface area contributed by atoms with Gasteiger partial charge in [-0.25, -0.2) is 22.8 Å². The number of carbonyl (C=O) groups is 2. The van der Waals surface area contributed by atoms with Crippen molar-refractivity contribution < 1.29 is 56.5 Å². The van der Waals surface area contributed by atoms with E-state index in [-0.39, 0.29) is 0 Å². The minimum atomic E-state index is -4.86. The first-order valence-corrected chi connectivity index (χ1v) is 13.5. The maximum atomic E-state index is 15.8. The van der Waals surface area contributed by atoms with E-state index in [9.17, 15) is 34.0 Å². The molecule has 40 heavy (non-hydrogen) atoms. The van der Waals surface area contributed by atoms with E-state index >= 15 is 4.39 Å². The Morgan fingerprint density at radius 2 is 1.57 bits per heavy atom. The number of carbonyl (C=O) groups excluding carboxylic acids is 2. The van der Waals surface area contributed by atoms with E-state index in [1.54, 1.807) is 41.5 Å². The van der Waals surface area contributed by atoms with Crippen molar-refractivity contribution in [3.63, 3.8) is 0 Å². The SMILES string of the molecule is CC(C)(C)C(=O)OCOP(=O)(OCOC(=O)C(C)(C)C)OCC1(F)OC(Cn2ccc(=O)[nH]c2=O)C(C)(O)C1O. The first-order valence-electron chi connectivity index (χ1n) is 12.1. The number of phosphoric ester groups is 1. The van der Waals surface area contributed by atoms with Gasteiger partial charge in [-0.2, -0.15) is 0 Å². The largest absolute Gasteiger partial charge is 0.480 e. The van der Waals surface area contributed by atoms with Gasteiger partial charge >= 0.3 is 25.5 Å². The molecule has 0 saturated carbocycles. The minimum absolute atomic E-state index is 0.498. The second kappa shape index (κ2) is 12.2. The monoisotopic (exact) mass is 598 g/mol. The maximum absolute atomic E-state index is 15.8. The van der Waals surface area contributed by atoms with Gasteiger partial charge in [-0.3, -0.25) is 28.5 Å². The molecule has 0 amide bonds. The number of nitrogens with zero attached hydrogens (tertiary/aromatic N) is 1. The quantitative estimate of drug-likeness (QED) is 0.185. The van der Waals surface area contributed by atoms with E-state index in [2.05, 4.69) is 0 Å². The molecule has 17 heteroatoms. The fourth-order valence-corrected chi connectivity index (χ4v) is 4.06. The first-order chi connectivity index (χ1) is 18.1. The van der Waals surface area contributed by atoms with Gasteiger partial charge in [0.05, 0.1) is 17.4 Å². The Kier molecular flexibility index (Phi) is 10.3. The summed E-state index contributed by atoms with van der Waals surface area (Å²) in [6, 6.07) is 1.01. The third-order valence-corrected chi connectivity index (χ3v) is 6.95. The van der Waals surface area contributed by atoms with Gasteiger partial charge in [0.25, 0.3) is 11.4 Å². The fraction of sp³-hybridized carbons (Fsp3) is 0.739. The van der Waals surface area contributed by atoms with Crippen LogP contribution in [0.4, 0.5) is 4.39 Å². The number of aromatic nitrogens is 2. The molecule has 0 aromatic carbocycles. The van der Waals surface area contributed by atoms with Gasteiger partial charge in [0.2, 0.25) is 13.6 Å². The van der Waals surface area contributed by atoms with E-state index < -0.39 is 92.2 Å². The first kappa shape index (κ1) is 33.7. The highest BCUT2D eigenvalue weighted by Gasteiger charge is 2.62. The number of hydrogen-bond acceptors (Lipinski definition) is 13.